The molecule has 3 atom stereocenters. The summed E-state index contributed by atoms with van der Waals surface area (Å²) in [5.74, 6) is 1.35. The van der Waals surface area contributed by atoms with E-state index in [0.29, 0.717) is 24.0 Å². The number of hydrogen-bond acceptors (Lipinski definition) is 5. The number of aryl methyl sites for hydroxylation is 1. The molecular formula is C16H27N3O3. The molecule has 124 valence electrons. The average Bonchev–Trinajstić information content (AvgIpc) is 2.88. The number of likely N-dealkylation sites (tertiary alicyclic amines) is 1. The number of carbonyl (C=O) groups excluding carboxylic acids is 1. The normalized spacial score (nSPS) is 24.2. The highest BCUT2D eigenvalue weighted by molar-refractivity contribution is 5.94. The van der Waals surface area contributed by atoms with Gasteiger partial charge in [0, 0.05) is 12.6 Å². The lowest BCUT2D eigenvalue weighted by Gasteiger charge is -2.38. The van der Waals surface area contributed by atoms with Crippen LogP contribution in [0.25, 0.3) is 0 Å². The molecule has 2 rings (SSSR count). The highest BCUT2D eigenvalue weighted by Gasteiger charge is 2.32. The van der Waals surface area contributed by atoms with Crippen LogP contribution in [0, 0.1) is 12.8 Å². The SMILES string of the molecule is CCCCC(C(=O)Nc1cc(C)on1)N1CCC(C)C(O)C1. The first-order valence-electron chi connectivity index (χ1n) is 8.17. The van der Waals surface area contributed by atoms with Gasteiger partial charge < -0.3 is 14.9 Å². The van der Waals surface area contributed by atoms with E-state index in [4.69, 9.17) is 4.52 Å². The summed E-state index contributed by atoms with van der Waals surface area (Å²) in [6, 6.07) is 1.49. The molecule has 6 heteroatoms. The molecular weight excluding hydrogens is 282 g/mol. The van der Waals surface area contributed by atoms with Crippen molar-refractivity contribution in [3.8, 4) is 0 Å². The maximum atomic E-state index is 12.6. The van der Waals surface area contributed by atoms with Crippen LogP contribution in [0.15, 0.2) is 10.6 Å². The Morgan fingerprint density at radius 2 is 2.41 bits per heavy atom. The number of nitrogens with one attached hydrogen (secondary N) is 1. The van der Waals surface area contributed by atoms with Crippen LogP contribution in [-0.2, 0) is 4.79 Å². The van der Waals surface area contributed by atoms with E-state index >= 15 is 0 Å². The molecule has 1 aromatic rings. The third-order valence-corrected chi connectivity index (χ3v) is 4.40. The Bertz CT molecular complexity index is 489. The van der Waals surface area contributed by atoms with Gasteiger partial charge in [-0.2, -0.15) is 0 Å². The van der Waals surface area contributed by atoms with E-state index in [1.807, 2.05) is 0 Å². The monoisotopic (exact) mass is 309 g/mol. The molecule has 2 N–H and O–H groups in total. The summed E-state index contributed by atoms with van der Waals surface area (Å²) >= 11 is 0. The van der Waals surface area contributed by atoms with Crippen LogP contribution in [0.5, 0.6) is 0 Å². The molecule has 1 amide bonds. The summed E-state index contributed by atoms with van der Waals surface area (Å²) < 4.78 is 4.98. The minimum Gasteiger partial charge on any atom is -0.392 e. The Hall–Kier alpha value is -1.40. The van der Waals surface area contributed by atoms with Crippen molar-refractivity contribution in [3.05, 3.63) is 11.8 Å². The van der Waals surface area contributed by atoms with Gasteiger partial charge in [-0.3, -0.25) is 9.69 Å². The molecule has 3 unspecified atom stereocenters. The summed E-state index contributed by atoms with van der Waals surface area (Å²) in [4.78, 5) is 14.7. The van der Waals surface area contributed by atoms with E-state index in [0.717, 1.165) is 32.2 Å². The Morgan fingerprint density at radius 3 is 3.00 bits per heavy atom. The summed E-state index contributed by atoms with van der Waals surface area (Å²) in [6.07, 6.45) is 3.37. The number of rotatable bonds is 6. The summed E-state index contributed by atoms with van der Waals surface area (Å²) in [7, 11) is 0. The molecule has 0 bridgehead atoms. The molecule has 1 fully saturated rings. The van der Waals surface area contributed by atoms with Gasteiger partial charge in [-0.25, -0.2) is 0 Å². The van der Waals surface area contributed by atoms with Crippen molar-refractivity contribution in [2.45, 2.75) is 58.6 Å². The van der Waals surface area contributed by atoms with E-state index in [-0.39, 0.29) is 18.1 Å². The van der Waals surface area contributed by atoms with Gasteiger partial charge in [-0.05, 0) is 32.2 Å². The molecule has 1 aromatic heterocycles. The Labute approximate surface area is 131 Å². The number of unbranched alkanes of at least 4 members (excludes halogenated alkanes) is 1. The van der Waals surface area contributed by atoms with Gasteiger partial charge >= 0.3 is 0 Å². The van der Waals surface area contributed by atoms with Crippen LogP contribution < -0.4 is 5.32 Å². The lowest BCUT2D eigenvalue weighted by molar-refractivity contribution is -0.123. The first-order valence-corrected chi connectivity index (χ1v) is 8.17. The van der Waals surface area contributed by atoms with Crippen molar-refractivity contribution < 1.29 is 14.4 Å². The number of amides is 1. The first kappa shape index (κ1) is 17.0. The molecule has 0 radical (unpaired) electrons. The largest absolute Gasteiger partial charge is 0.392 e. The average molecular weight is 309 g/mol. The third kappa shape index (κ3) is 4.30. The number of aliphatic hydroxyl groups excluding tert-OH is 1. The molecule has 0 aliphatic carbocycles. The van der Waals surface area contributed by atoms with Crippen LogP contribution in [0.4, 0.5) is 5.82 Å². The minimum atomic E-state index is -0.361. The smallest absolute Gasteiger partial charge is 0.242 e. The second-order valence-corrected chi connectivity index (χ2v) is 6.30. The zero-order chi connectivity index (χ0) is 16.1. The molecule has 1 aliphatic rings. The van der Waals surface area contributed by atoms with Crippen molar-refractivity contribution in [1.29, 1.82) is 0 Å². The summed E-state index contributed by atoms with van der Waals surface area (Å²) in [5.41, 5.74) is 0. The van der Waals surface area contributed by atoms with Gasteiger partial charge in [0.1, 0.15) is 5.76 Å². The molecule has 1 saturated heterocycles. The number of piperidine rings is 1. The fourth-order valence-corrected chi connectivity index (χ4v) is 2.87. The van der Waals surface area contributed by atoms with Crippen molar-refractivity contribution >= 4 is 11.7 Å². The number of nitrogens with zero attached hydrogens (tertiary/aromatic N) is 2. The highest BCUT2D eigenvalue weighted by atomic mass is 16.5. The van der Waals surface area contributed by atoms with Crippen LogP contribution in [0.2, 0.25) is 0 Å². The van der Waals surface area contributed by atoms with Gasteiger partial charge in [-0.1, -0.05) is 31.8 Å². The third-order valence-electron chi connectivity index (χ3n) is 4.40. The quantitative estimate of drug-likeness (QED) is 0.842. The highest BCUT2D eigenvalue weighted by Crippen LogP contribution is 2.22. The van der Waals surface area contributed by atoms with Crippen LogP contribution in [-0.4, -0.2) is 46.3 Å². The van der Waals surface area contributed by atoms with E-state index in [2.05, 4.69) is 29.2 Å². The first-order chi connectivity index (χ1) is 10.5. The topological polar surface area (TPSA) is 78.6 Å². The molecule has 6 nitrogen and oxygen atoms in total. The second kappa shape index (κ2) is 7.74. The summed E-state index contributed by atoms with van der Waals surface area (Å²) in [6.45, 7) is 7.36. The maximum absolute atomic E-state index is 12.6. The number of carbonyl (C=O) groups is 1. The molecule has 0 aromatic carbocycles. The Balaban J connectivity index is 2.02. The molecule has 0 saturated carbocycles. The fraction of sp³-hybridized carbons (Fsp3) is 0.750. The van der Waals surface area contributed by atoms with E-state index in [1.165, 1.54) is 0 Å². The van der Waals surface area contributed by atoms with Gasteiger partial charge in [0.25, 0.3) is 0 Å². The van der Waals surface area contributed by atoms with E-state index in [1.54, 1.807) is 13.0 Å². The van der Waals surface area contributed by atoms with Gasteiger partial charge in [-0.15, -0.1) is 0 Å². The van der Waals surface area contributed by atoms with Crippen molar-refractivity contribution in [2.24, 2.45) is 5.92 Å². The standard InChI is InChI=1S/C16H27N3O3/c1-4-5-6-13(19-8-7-11(2)14(20)10-19)16(21)17-15-9-12(3)22-18-15/h9,11,13-14,20H,4-8,10H2,1-3H3,(H,17,18,21). The lowest BCUT2D eigenvalue weighted by Crippen LogP contribution is -2.52. The second-order valence-electron chi connectivity index (χ2n) is 6.30. The Kier molecular flexibility index (Phi) is 5.97. The van der Waals surface area contributed by atoms with Crippen LogP contribution in [0.3, 0.4) is 0 Å². The maximum Gasteiger partial charge on any atom is 0.242 e. The fourth-order valence-electron chi connectivity index (χ4n) is 2.87. The molecule has 22 heavy (non-hydrogen) atoms. The number of hydrogen-bond donors (Lipinski definition) is 2. The molecule has 0 spiro atoms. The van der Waals surface area contributed by atoms with E-state index in [9.17, 15) is 9.90 Å². The van der Waals surface area contributed by atoms with E-state index < -0.39 is 0 Å². The van der Waals surface area contributed by atoms with Crippen molar-refractivity contribution in [1.82, 2.24) is 10.1 Å². The lowest BCUT2D eigenvalue weighted by atomic mass is 9.93. The number of anilines is 1. The number of aromatic nitrogens is 1. The van der Waals surface area contributed by atoms with Gasteiger partial charge in [0.2, 0.25) is 5.91 Å². The zero-order valence-corrected chi connectivity index (χ0v) is 13.7. The zero-order valence-electron chi connectivity index (χ0n) is 13.7. The minimum absolute atomic E-state index is 0.0662. The predicted molar refractivity (Wildman–Crippen MR) is 84.5 cm³/mol. The van der Waals surface area contributed by atoms with Crippen molar-refractivity contribution in [2.75, 3.05) is 18.4 Å². The van der Waals surface area contributed by atoms with Crippen LogP contribution >= 0.6 is 0 Å². The molecule has 1 aliphatic heterocycles. The predicted octanol–water partition coefficient (Wildman–Crippen LogP) is 2.18. The number of aliphatic hydroxyl groups is 1. The van der Waals surface area contributed by atoms with Crippen LogP contribution in [0.1, 0.15) is 45.3 Å². The van der Waals surface area contributed by atoms with Crippen molar-refractivity contribution in [3.63, 3.8) is 0 Å². The van der Waals surface area contributed by atoms with Gasteiger partial charge in [0.05, 0.1) is 12.1 Å². The van der Waals surface area contributed by atoms with Gasteiger partial charge in [0.15, 0.2) is 5.82 Å². The molecule has 2 heterocycles. The number of β-amino-alcohol motifs (C(OH)–C–C–N with tert-alkyl or cyclic N) is 1. The summed E-state index contributed by atoms with van der Waals surface area (Å²) in [5, 5.41) is 16.7. The Morgan fingerprint density at radius 1 is 1.64 bits per heavy atom.